The van der Waals surface area contributed by atoms with Gasteiger partial charge in [-0.2, -0.15) is 5.01 Å². The van der Waals surface area contributed by atoms with Gasteiger partial charge in [-0.1, -0.05) is 41.9 Å². The molecule has 0 spiro atoms. The van der Waals surface area contributed by atoms with Crippen molar-refractivity contribution in [1.82, 2.24) is 5.01 Å². The summed E-state index contributed by atoms with van der Waals surface area (Å²) in [5.74, 6) is 2.36. The molecule has 0 saturated heterocycles. The lowest BCUT2D eigenvalue weighted by molar-refractivity contribution is -0.132. The van der Waals surface area contributed by atoms with E-state index in [9.17, 15) is 4.79 Å². The van der Waals surface area contributed by atoms with E-state index in [1.165, 1.54) is 16.3 Å². The van der Waals surface area contributed by atoms with Crippen molar-refractivity contribution in [1.29, 1.82) is 0 Å². The van der Waals surface area contributed by atoms with E-state index in [2.05, 4.69) is 5.10 Å². The van der Waals surface area contributed by atoms with Crippen molar-refractivity contribution < 1.29 is 19.0 Å². The van der Waals surface area contributed by atoms with E-state index in [0.717, 1.165) is 27.1 Å². The van der Waals surface area contributed by atoms with Crippen LogP contribution in [0.15, 0.2) is 77.9 Å². The molecule has 33 heavy (non-hydrogen) atoms. The number of benzene rings is 3. The van der Waals surface area contributed by atoms with Crippen LogP contribution in [0.1, 0.15) is 10.4 Å². The molecule has 1 aliphatic heterocycles. The summed E-state index contributed by atoms with van der Waals surface area (Å²) >= 11 is 8.14. The minimum Gasteiger partial charge on any atom is -0.497 e. The second-order valence-corrected chi connectivity index (χ2v) is 8.75. The van der Waals surface area contributed by atoms with Gasteiger partial charge in [0.05, 0.1) is 18.6 Å². The third-order valence-corrected chi connectivity index (χ3v) is 6.77. The van der Waals surface area contributed by atoms with Gasteiger partial charge in [0.25, 0.3) is 5.90 Å². The maximum Gasteiger partial charge on any atom is 0.252 e. The van der Waals surface area contributed by atoms with Crippen molar-refractivity contribution in [3.63, 3.8) is 0 Å². The molecule has 1 amide bonds. The second kappa shape index (κ2) is 9.13. The molecule has 8 heteroatoms. The van der Waals surface area contributed by atoms with Gasteiger partial charge in [0, 0.05) is 10.1 Å². The van der Waals surface area contributed by atoms with E-state index in [1.807, 2.05) is 72.8 Å². The number of ether oxygens (including phenoxy) is 3. The Morgan fingerprint density at radius 1 is 1.06 bits per heavy atom. The van der Waals surface area contributed by atoms with E-state index < -0.39 is 0 Å². The van der Waals surface area contributed by atoms with Crippen molar-refractivity contribution >= 4 is 44.8 Å². The molecule has 0 N–H and O–H groups in total. The van der Waals surface area contributed by atoms with Gasteiger partial charge in [-0.3, -0.25) is 4.79 Å². The number of carbonyl (C=O) groups is 1. The highest BCUT2D eigenvalue weighted by atomic mass is 35.5. The Bertz CT molecular complexity index is 1340. The molecule has 1 aromatic heterocycles. The van der Waals surface area contributed by atoms with Crippen LogP contribution in [0.3, 0.4) is 0 Å². The summed E-state index contributed by atoms with van der Waals surface area (Å²) in [6.45, 7) is 0.0528. The summed E-state index contributed by atoms with van der Waals surface area (Å²) in [6.07, 6.45) is 0.213. The normalized spacial score (nSPS) is 13.0. The number of para-hydroxylation sites is 1. The monoisotopic (exact) mass is 478 g/mol. The summed E-state index contributed by atoms with van der Waals surface area (Å²) < 4.78 is 17.8. The Hall–Kier alpha value is -3.55. The predicted octanol–water partition coefficient (Wildman–Crippen LogP) is 6.08. The summed E-state index contributed by atoms with van der Waals surface area (Å²) in [4.78, 5) is 13.4. The van der Waals surface area contributed by atoms with Gasteiger partial charge in [-0.15, -0.1) is 16.4 Å². The van der Waals surface area contributed by atoms with Gasteiger partial charge < -0.3 is 14.2 Å². The lowest BCUT2D eigenvalue weighted by Crippen LogP contribution is -2.25. The molecule has 0 unspecified atom stereocenters. The molecule has 0 saturated carbocycles. The summed E-state index contributed by atoms with van der Waals surface area (Å²) in [7, 11) is 1.61. The molecule has 0 atom stereocenters. The van der Waals surface area contributed by atoms with E-state index in [4.69, 9.17) is 25.8 Å². The number of nitrogens with zero attached hydrogens (tertiary/aromatic N) is 2. The molecular weight excluding hydrogens is 460 g/mol. The number of thiophene rings is 1. The van der Waals surface area contributed by atoms with Crippen molar-refractivity contribution in [3.05, 3.63) is 88.3 Å². The number of hydrogen-bond acceptors (Lipinski definition) is 6. The van der Waals surface area contributed by atoms with E-state index >= 15 is 0 Å². The highest BCUT2D eigenvalue weighted by Crippen LogP contribution is 2.39. The zero-order chi connectivity index (χ0) is 22.8. The lowest BCUT2D eigenvalue weighted by atomic mass is 10.1. The third kappa shape index (κ3) is 4.51. The first-order chi connectivity index (χ1) is 16.1. The summed E-state index contributed by atoms with van der Waals surface area (Å²) in [6, 6.07) is 22.7. The van der Waals surface area contributed by atoms with Gasteiger partial charge in [0.1, 0.15) is 22.1 Å². The van der Waals surface area contributed by atoms with E-state index in [1.54, 1.807) is 7.11 Å². The number of hydrazone groups is 1. The maximum absolute atomic E-state index is 12.7. The van der Waals surface area contributed by atoms with Crippen LogP contribution < -0.4 is 9.47 Å². The highest BCUT2D eigenvalue weighted by Gasteiger charge is 2.26. The molecule has 5 rings (SSSR count). The zero-order valence-electron chi connectivity index (χ0n) is 17.7. The SMILES string of the molecule is COc1ccc(CC(=O)N2COC(c3sc4ccc(Oc5ccccc5)cc4c3Cl)=N2)cc1. The largest absolute Gasteiger partial charge is 0.497 e. The molecule has 0 fully saturated rings. The molecule has 0 radical (unpaired) electrons. The van der Waals surface area contributed by atoms with Gasteiger partial charge in [-0.25, -0.2) is 0 Å². The molecule has 6 nitrogen and oxygen atoms in total. The average Bonchev–Trinajstić information content (AvgIpc) is 3.45. The van der Waals surface area contributed by atoms with Crippen molar-refractivity contribution in [2.75, 3.05) is 13.8 Å². The van der Waals surface area contributed by atoms with Crippen LogP contribution in [0.4, 0.5) is 0 Å². The molecule has 0 aliphatic carbocycles. The summed E-state index contributed by atoms with van der Waals surface area (Å²) in [5.41, 5.74) is 0.871. The first-order valence-electron chi connectivity index (χ1n) is 10.2. The second-order valence-electron chi connectivity index (χ2n) is 7.31. The Balaban J connectivity index is 1.34. The fourth-order valence-corrected chi connectivity index (χ4v) is 4.83. The molecule has 4 aromatic rings. The number of fused-ring (bicyclic) bond motifs is 1. The lowest BCUT2D eigenvalue weighted by Gasteiger charge is -2.09. The molecular formula is C25H19ClN2O4S. The van der Waals surface area contributed by atoms with Gasteiger partial charge in [-0.05, 0) is 48.0 Å². The van der Waals surface area contributed by atoms with Crippen LogP contribution in [-0.4, -0.2) is 30.7 Å². The Morgan fingerprint density at radius 3 is 2.58 bits per heavy atom. The van der Waals surface area contributed by atoms with Crippen molar-refractivity contribution in [3.8, 4) is 17.2 Å². The van der Waals surface area contributed by atoms with Crippen LogP contribution in [-0.2, 0) is 16.0 Å². The Labute approximate surface area is 199 Å². The predicted molar refractivity (Wildman–Crippen MR) is 129 cm³/mol. The van der Waals surface area contributed by atoms with Gasteiger partial charge in [0.15, 0.2) is 6.73 Å². The van der Waals surface area contributed by atoms with Crippen molar-refractivity contribution in [2.45, 2.75) is 6.42 Å². The van der Waals surface area contributed by atoms with Gasteiger partial charge >= 0.3 is 0 Å². The molecule has 2 heterocycles. The Morgan fingerprint density at radius 2 is 1.82 bits per heavy atom. The van der Waals surface area contributed by atoms with Crippen LogP contribution in [0.25, 0.3) is 10.1 Å². The number of hydrogen-bond donors (Lipinski definition) is 0. The number of rotatable bonds is 6. The minimum absolute atomic E-state index is 0.0528. The quantitative estimate of drug-likeness (QED) is 0.337. The topological polar surface area (TPSA) is 60.4 Å². The van der Waals surface area contributed by atoms with Crippen molar-refractivity contribution in [2.24, 2.45) is 5.10 Å². The van der Waals surface area contributed by atoms with Crippen LogP contribution in [0, 0.1) is 0 Å². The van der Waals surface area contributed by atoms with Gasteiger partial charge in [0.2, 0.25) is 5.91 Å². The number of halogens is 1. The van der Waals surface area contributed by atoms with E-state index in [-0.39, 0.29) is 19.1 Å². The first kappa shape index (κ1) is 21.3. The fraction of sp³-hybridized carbons (Fsp3) is 0.120. The number of amides is 1. The first-order valence-corrected chi connectivity index (χ1v) is 11.4. The van der Waals surface area contributed by atoms with Crippen LogP contribution in [0.5, 0.6) is 17.2 Å². The minimum atomic E-state index is -0.161. The number of methoxy groups -OCH3 is 1. The fourth-order valence-electron chi connectivity index (χ4n) is 3.41. The smallest absolute Gasteiger partial charge is 0.252 e. The van der Waals surface area contributed by atoms with Crippen LogP contribution >= 0.6 is 22.9 Å². The Kier molecular flexibility index (Phi) is 5.90. The number of carbonyl (C=O) groups excluding carboxylic acids is 1. The van der Waals surface area contributed by atoms with Crippen LogP contribution in [0.2, 0.25) is 5.02 Å². The molecule has 166 valence electrons. The third-order valence-electron chi connectivity index (χ3n) is 5.11. The summed E-state index contributed by atoms with van der Waals surface area (Å²) in [5, 5.41) is 7.08. The zero-order valence-corrected chi connectivity index (χ0v) is 19.2. The maximum atomic E-state index is 12.7. The molecule has 1 aliphatic rings. The average molecular weight is 479 g/mol. The van der Waals surface area contributed by atoms with E-state index in [0.29, 0.717) is 21.5 Å². The molecule has 3 aromatic carbocycles. The highest BCUT2D eigenvalue weighted by molar-refractivity contribution is 7.21. The standard InChI is InChI=1S/C25H19ClN2O4S/c1-30-17-9-7-16(8-10-17)13-22(29)28-15-31-25(27-28)24-23(26)20-14-19(11-12-21(20)33-24)32-18-5-3-2-4-6-18/h2-12,14H,13,15H2,1H3. The molecule has 0 bridgehead atoms.